The molecule has 0 heterocycles. The van der Waals surface area contributed by atoms with Gasteiger partial charge in [-0.2, -0.15) is 0 Å². The second kappa shape index (κ2) is 9.61. The lowest BCUT2D eigenvalue weighted by Crippen LogP contribution is -2.48. The van der Waals surface area contributed by atoms with E-state index in [-0.39, 0.29) is 25.0 Å². The second-order valence-corrected chi connectivity index (χ2v) is 5.54. The molecular formula is C17H24N2O4. The first kappa shape index (κ1) is 18.7. The summed E-state index contributed by atoms with van der Waals surface area (Å²) in [7, 11) is 0. The molecule has 6 heteroatoms. The van der Waals surface area contributed by atoms with Crippen LogP contribution >= 0.6 is 0 Å². The molecule has 0 spiro atoms. The van der Waals surface area contributed by atoms with Crippen LogP contribution in [0.1, 0.15) is 37.6 Å². The molecule has 0 aliphatic rings. The van der Waals surface area contributed by atoms with Crippen LogP contribution in [0.15, 0.2) is 30.3 Å². The standard InChI is InChI=1S/C17H24N2O4/c1-4-23-15(20)11-18-17(22)14(10-12(2)3)19-16(21)13-8-6-5-7-9-13/h5-9,12,14H,4,10-11H2,1-3H3,(H,18,22)(H,19,21)/t14-/m1/s1. The van der Waals surface area contributed by atoms with Crippen molar-refractivity contribution < 1.29 is 19.1 Å². The van der Waals surface area contributed by atoms with Crippen LogP contribution in [0.25, 0.3) is 0 Å². The first-order valence-electron chi connectivity index (χ1n) is 7.73. The number of carbonyl (C=O) groups excluding carboxylic acids is 3. The van der Waals surface area contributed by atoms with Gasteiger partial charge in [0.15, 0.2) is 0 Å². The molecule has 6 nitrogen and oxygen atoms in total. The van der Waals surface area contributed by atoms with E-state index in [4.69, 9.17) is 4.74 Å². The molecule has 1 rings (SSSR count). The van der Waals surface area contributed by atoms with Gasteiger partial charge in [0.2, 0.25) is 5.91 Å². The molecule has 0 saturated carbocycles. The fourth-order valence-electron chi connectivity index (χ4n) is 2.03. The lowest BCUT2D eigenvalue weighted by Gasteiger charge is -2.20. The van der Waals surface area contributed by atoms with Crippen molar-refractivity contribution in [2.75, 3.05) is 13.2 Å². The van der Waals surface area contributed by atoms with Crippen LogP contribution in [0.5, 0.6) is 0 Å². The third-order valence-electron chi connectivity index (χ3n) is 3.08. The Kier molecular flexibility index (Phi) is 7.80. The summed E-state index contributed by atoms with van der Waals surface area (Å²) >= 11 is 0. The molecule has 0 aromatic heterocycles. The highest BCUT2D eigenvalue weighted by molar-refractivity contribution is 5.97. The maximum absolute atomic E-state index is 12.2. The van der Waals surface area contributed by atoms with Crippen LogP contribution in [-0.4, -0.2) is 37.0 Å². The van der Waals surface area contributed by atoms with Gasteiger partial charge in [-0.15, -0.1) is 0 Å². The summed E-state index contributed by atoms with van der Waals surface area (Å²) in [6, 6.07) is 7.99. The fraction of sp³-hybridized carbons (Fsp3) is 0.471. The molecule has 0 aliphatic heterocycles. The van der Waals surface area contributed by atoms with Gasteiger partial charge in [0.05, 0.1) is 6.61 Å². The van der Waals surface area contributed by atoms with Gasteiger partial charge >= 0.3 is 5.97 Å². The molecule has 2 amide bonds. The van der Waals surface area contributed by atoms with E-state index in [0.29, 0.717) is 12.0 Å². The lowest BCUT2D eigenvalue weighted by atomic mass is 10.0. The normalized spacial score (nSPS) is 11.7. The Bertz CT molecular complexity index is 529. The number of carbonyl (C=O) groups is 3. The van der Waals surface area contributed by atoms with Crippen LogP contribution in [0.3, 0.4) is 0 Å². The quantitative estimate of drug-likeness (QED) is 0.711. The highest BCUT2D eigenvalue weighted by Gasteiger charge is 2.23. The number of ether oxygens (including phenoxy) is 1. The Hall–Kier alpha value is -2.37. The zero-order chi connectivity index (χ0) is 17.2. The Labute approximate surface area is 136 Å². The Morgan fingerprint density at radius 3 is 2.35 bits per heavy atom. The van der Waals surface area contributed by atoms with Crippen LogP contribution in [-0.2, 0) is 14.3 Å². The van der Waals surface area contributed by atoms with E-state index in [2.05, 4.69) is 10.6 Å². The van der Waals surface area contributed by atoms with Crippen molar-refractivity contribution in [3.63, 3.8) is 0 Å². The van der Waals surface area contributed by atoms with E-state index in [0.717, 1.165) is 0 Å². The van der Waals surface area contributed by atoms with Gasteiger partial charge in [0.25, 0.3) is 5.91 Å². The Morgan fingerprint density at radius 1 is 1.13 bits per heavy atom. The van der Waals surface area contributed by atoms with Gasteiger partial charge in [0, 0.05) is 5.56 Å². The van der Waals surface area contributed by atoms with Crippen molar-refractivity contribution in [1.82, 2.24) is 10.6 Å². The van der Waals surface area contributed by atoms with E-state index < -0.39 is 17.9 Å². The summed E-state index contributed by atoms with van der Waals surface area (Å²) in [4.78, 5) is 35.7. The predicted molar refractivity (Wildman–Crippen MR) is 86.8 cm³/mol. The minimum absolute atomic E-state index is 0.206. The summed E-state index contributed by atoms with van der Waals surface area (Å²) in [6.07, 6.45) is 0.479. The van der Waals surface area contributed by atoms with E-state index in [1.807, 2.05) is 19.9 Å². The van der Waals surface area contributed by atoms with Gasteiger partial charge in [-0.05, 0) is 31.4 Å². The number of rotatable bonds is 8. The molecule has 1 atom stereocenters. The average molecular weight is 320 g/mol. The smallest absolute Gasteiger partial charge is 0.325 e. The summed E-state index contributed by atoms with van der Waals surface area (Å²) in [5.74, 6) is -0.999. The number of hydrogen-bond acceptors (Lipinski definition) is 4. The van der Waals surface area contributed by atoms with Crippen molar-refractivity contribution >= 4 is 17.8 Å². The molecule has 0 saturated heterocycles. The zero-order valence-electron chi connectivity index (χ0n) is 13.8. The van der Waals surface area contributed by atoms with Gasteiger partial charge in [-0.1, -0.05) is 32.0 Å². The molecule has 1 aromatic carbocycles. The molecule has 1 aromatic rings. The summed E-state index contributed by atoms with van der Waals surface area (Å²) in [6.45, 7) is 5.67. The summed E-state index contributed by atoms with van der Waals surface area (Å²) in [5, 5.41) is 5.22. The third-order valence-corrected chi connectivity index (χ3v) is 3.08. The minimum atomic E-state index is -0.697. The molecule has 0 radical (unpaired) electrons. The molecule has 0 bridgehead atoms. The van der Waals surface area contributed by atoms with E-state index >= 15 is 0 Å². The highest BCUT2D eigenvalue weighted by atomic mass is 16.5. The molecule has 2 N–H and O–H groups in total. The number of amides is 2. The zero-order valence-corrected chi connectivity index (χ0v) is 13.8. The predicted octanol–water partition coefficient (Wildman–Crippen LogP) is 1.51. The van der Waals surface area contributed by atoms with Crippen molar-refractivity contribution in [2.45, 2.75) is 33.2 Å². The second-order valence-electron chi connectivity index (χ2n) is 5.54. The number of benzene rings is 1. The van der Waals surface area contributed by atoms with E-state index in [9.17, 15) is 14.4 Å². The van der Waals surface area contributed by atoms with Crippen LogP contribution in [0.2, 0.25) is 0 Å². The molecule has 23 heavy (non-hydrogen) atoms. The van der Waals surface area contributed by atoms with Crippen LogP contribution < -0.4 is 10.6 Å². The van der Waals surface area contributed by atoms with Crippen molar-refractivity contribution in [3.8, 4) is 0 Å². The molecule has 0 unspecified atom stereocenters. The molecule has 0 aliphatic carbocycles. The first-order chi connectivity index (χ1) is 10.9. The lowest BCUT2D eigenvalue weighted by molar-refractivity contribution is -0.143. The van der Waals surface area contributed by atoms with E-state index in [1.165, 1.54) is 0 Å². The summed E-state index contributed by atoms with van der Waals surface area (Å²) in [5.41, 5.74) is 0.486. The molecule has 0 fully saturated rings. The van der Waals surface area contributed by atoms with Crippen molar-refractivity contribution in [1.29, 1.82) is 0 Å². The van der Waals surface area contributed by atoms with Crippen LogP contribution in [0, 0.1) is 5.92 Å². The first-order valence-corrected chi connectivity index (χ1v) is 7.73. The maximum Gasteiger partial charge on any atom is 0.325 e. The third kappa shape index (κ3) is 6.95. The fourth-order valence-corrected chi connectivity index (χ4v) is 2.03. The molecular weight excluding hydrogens is 296 g/mol. The van der Waals surface area contributed by atoms with E-state index in [1.54, 1.807) is 31.2 Å². The SMILES string of the molecule is CCOC(=O)CNC(=O)[C@@H](CC(C)C)NC(=O)c1ccccc1. The monoisotopic (exact) mass is 320 g/mol. The summed E-state index contributed by atoms with van der Waals surface area (Å²) < 4.78 is 4.76. The number of nitrogens with one attached hydrogen (secondary N) is 2. The van der Waals surface area contributed by atoms with Crippen molar-refractivity contribution in [2.24, 2.45) is 5.92 Å². The van der Waals surface area contributed by atoms with Gasteiger partial charge in [-0.3, -0.25) is 14.4 Å². The van der Waals surface area contributed by atoms with Crippen molar-refractivity contribution in [3.05, 3.63) is 35.9 Å². The largest absolute Gasteiger partial charge is 0.465 e. The number of hydrogen-bond donors (Lipinski definition) is 2. The average Bonchev–Trinajstić information content (AvgIpc) is 2.52. The highest BCUT2D eigenvalue weighted by Crippen LogP contribution is 2.07. The Morgan fingerprint density at radius 2 is 1.78 bits per heavy atom. The maximum atomic E-state index is 12.2. The Balaban J connectivity index is 2.66. The van der Waals surface area contributed by atoms with Gasteiger partial charge < -0.3 is 15.4 Å². The number of esters is 1. The van der Waals surface area contributed by atoms with Gasteiger partial charge in [-0.25, -0.2) is 0 Å². The minimum Gasteiger partial charge on any atom is -0.465 e. The van der Waals surface area contributed by atoms with Crippen LogP contribution in [0.4, 0.5) is 0 Å². The topological polar surface area (TPSA) is 84.5 Å². The molecule has 126 valence electrons. The van der Waals surface area contributed by atoms with Gasteiger partial charge in [0.1, 0.15) is 12.6 Å².